The Bertz CT molecular complexity index is 789. The maximum Gasteiger partial charge on any atom is 0.261 e. The van der Waals surface area contributed by atoms with Crippen LogP contribution in [0.3, 0.4) is 0 Å². The summed E-state index contributed by atoms with van der Waals surface area (Å²) in [5, 5.41) is 0. The Labute approximate surface area is 120 Å². The molecule has 110 valence electrons. The highest BCUT2D eigenvalue weighted by atomic mass is 32.2. The molecule has 0 saturated heterocycles. The van der Waals surface area contributed by atoms with E-state index in [1.807, 2.05) is 0 Å². The molecule has 2 aromatic carbocycles. The summed E-state index contributed by atoms with van der Waals surface area (Å²) in [7, 11) is -3.90. The fraction of sp³-hybridized carbons (Fsp3) is 0. The first-order valence-electron chi connectivity index (χ1n) is 5.77. The minimum atomic E-state index is -3.90. The Morgan fingerprint density at radius 2 is 1.71 bits per heavy atom. The first-order chi connectivity index (χ1) is 9.79. The summed E-state index contributed by atoms with van der Waals surface area (Å²) in [5.41, 5.74) is 10.7. The number of primary amides is 1. The molecule has 0 aliphatic carbocycles. The molecule has 6 nitrogen and oxygen atoms in total. The van der Waals surface area contributed by atoms with Gasteiger partial charge in [0.2, 0.25) is 5.91 Å². The lowest BCUT2D eigenvalue weighted by Gasteiger charge is -2.09. The van der Waals surface area contributed by atoms with E-state index in [0.717, 1.165) is 18.2 Å². The molecule has 0 spiro atoms. The largest absolute Gasteiger partial charge is 0.396 e. The number of rotatable bonds is 4. The Morgan fingerprint density at radius 3 is 2.24 bits per heavy atom. The number of hydrogen-bond acceptors (Lipinski definition) is 4. The summed E-state index contributed by atoms with van der Waals surface area (Å²) < 4.78 is 39.5. The summed E-state index contributed by atoms with van der Waals surface area (Å²) >= 11 is 0. The number of halogens is 1. The second kappa shape index (κ2) is 5.41. The summed E-state index contributed by atoms with van der Waals surface area (Å²) in [6, 6.07) is 8.66. The molecule has 0 fully saturated rings. The summed E-state index contributed by atoms with van der Waals surface area (Å²) in [6.45, 7) is 0. The van der Waals surface area contributed by atoms with E-state index in [9.17, 15) is 17.6 Å². The van der Waals surface area contributed by atoms with Crippen LogP contribution in [0.25, 0.3) is 0 Å². The molecule has 0 aliphatic heterocycles. The van der Waals surface area contributed by atoms with Gasteiger partial charge in [-0.25, -0.2) is 12.8 Å². The lowest BCUT2D eigenvalue weighted by Crippen LogP contribution is -2.14. The maximum atomic E-state index is 13.0. The third-order valence-electron chi connectivity index (χ3n) is 2.70. The first-order valence-corrected chi connectivity index (χ1v) is 7.25. The number of carbonyl (C=O) groups is 1. The van der Waals surface area contributed by atoms with Crippen molar-refractivity contribution in [3.8, 4) is 0 Å². The van der Waals surface area contributed by atoms with Crippen LogP contribution >= 0.6 is 0 Å². The molecule has 0 bridgehead atoms. The number of hydrogen-bond donors (Lipinski definition) is 3. The standard InChI is InChI=1S/C13H12FN3O3S/c14-11-6-5-10(7-12(11)15)21(19,20)17-9-3-1-8(2-4-9)13(16)18/h1-7,17H,15H2,(H2,16,18). The van der Waals surface area contributed by atoms with E-state index in [2.05, 4.69) is 4.72 Å². The van der Waals surface area contributed by atoms with E-state index in [-0.39, 0.29) is 21.8 Å². The molecule has 2 aromatic rings. The van der Waals surface area contributed by atoms with Crippen molar-refractivity contribution in [2.24, 2.45) is 5.73 Å². The third-order valence-corrected chi connectivity index (χ3v) is 4.08. The number of carbonyl (C=O) groups excluding carboxylic acids is 1. The quantitative estimate of drug-likeness (QED) is 0.738. The predicted molar refractivity (Wildman–Crippen MR) is 76.6 cm³/mol. The van der Waals surface area contributed by atoms with Gasteiger partial charge in [0.15, 0.2) is 0 Å². The van der Waals surface area contributed by atoms with Crippen LogP contribution in [0.5, 0.6) is 0 Å². The average molecular weight is 309 g/mol. The smallest absolute Gasteiger partial charge is 0.261 e. The van der Waals surface area contributed by atoms with Crippen molar-refractivity contribution in [2.45, 2.75) is 4.90 Å². The molecule has 0 heterocycles. The SMILES string of the molecule is NC(=O)c1ccc(NS(=O)(=O)c2ccc(F)c(N)c2)cc1. The van der Waals surface area contributed by atoms with E-state index in [4.69, 9.17) is 11.5 Å². The van der Waals surface area contributed by atoms with Crippen molar-refractivity contribution < 1.29 is 17.6 Å². The van der Waals surface area contributed by atoms with Crippen LogP contribution in [0.15, 0.2) is 47.4 Å². The number of anilines is 2. The Morgan fingerprint density at radius 1 is 1.10 bits per heavy atom. The van der Waals surface area contributed by atoms with Gasteiger partial charge in [0.05, 0.1) is 10.6 Å². The van der Waals surface area contributed by atoms with Crippen LogP contribution in [-0.4, -0.2) is 14.3 Å². The number of sulfonamides is 1. The third kappa shape index (κ3) is 3.29. The molecular weight excluding hydrogens is 297 g/mol. The molecule has 2 rings (SSSR count). The van der Waals surface area contributed by atoms with Gasteiger partial charge in [-0.3, -0.25) is 9.52 Å². The molecule has 0 unspecified atom stereocenters. The summed E-state index contributed by atoms with van der Waals surface area (Å²) in [6.07, 6.45) is 0. The first kappa shape index (κ1) is 14.8. The Hall–Kier alpha value is -2.61. The minimum absolute atomic E-state index is 0.166. The number of nitrogen functional groups attached to an aromatic ring is 1. The number of nitrogens with one attached hydrogen (secondary N) is 1. The zero-order valence-electron chi connectivity index (χ0n) is 10.7. The topological polar surface area (TPSA) is 115 Å². The van der Waals surface area contributed by atoms with E-state index in [1.165, 1.54) is 24.3 Å². The second-order valence-corrected chi connectivity index (χ2v) is 5.91. The van der Waals surface area contributed by atoms with Gasteiger partial charge in [-0.2, -0.15) is 0 Å². The van der Waals surface area contributed by atoms with E-state index in [1.54, 1.807) is 0 Å². The monoisotopic (exact) mass is 309 g/mol. The van der Waals surface area contributed by atoms with E-state index >= 15 is 0 Å². The summed E-state index contributed by atoms with van der Waals surface area (Å²) in [4.78, 5) is 10.8. The maximum absolute atomic E-state index is 13.0. The van der Waals surface area contributed by atoms with Gasteiger partial charge in [0.25, 0.3) is 10.0 Å². The molecule has 1 amide bonds. The van der Waals surface area contributed by atoms with Crippen molar-refractivity contribution in [3.05, 3.63) is 53.8 Å². The van der Waals surface area contributed by atoms with Gasteiger partial charge in [0.1, 0.15) is 5.82 Å². The van der Waals surface area contributed by atoms with Crippen LogP contribution in [0.2, 0.25) is 0 Å². The zero-order valence-corrected chi connectivity index (χ0v) is 11.5. The Balaban J connectivity index is 2.28. The molecule has 0 radical (unpaired) electrons. The van der Waals surface area contributed by atoms with Gasteiger partial charge in [-0.1, -0.05) is 0 Å². The van der Waals surface area contributed by atoms with Gasteiger partial charge >= 0.3 is 0 Å². The molecule has 0 aromatic heterocycles. The van der Waals surface area contributed by atoms with E-state index in [0.29, 0.717) is 0 Å². The normalized spacial score (nSPS) is 11.1. The molecular formula is C13H12FN3O3S. The lowest BCUT2D eigenvalue weighted by molar-refractivity contribution is 0.100. The van der Waals surface area contributed by atoms with Crippen LogP contribution in [0.4, 0.5) is 15.8 Å². The summed E-state index contributed by atoms with van der Waals surface area (Å²) in [5.74, 6) is -1.31. The second-order valence-electron chi connectivity index (χ2n) is 4.23. The highest BCUT2D eigenvalue weighted by molar-refractivity contribution is 7.92. The van der Waals surface area contributed by atoms with Crippen molar-refractivity contribution >= 4 is 27.3 Å². The minimum Gasteiger partial charge on any atom is -0.396 e. The van der Waals surface area contributed by atoms with Crippen LogP contribution in [0, 0.1) is 5.82 Å². The van der Waals surface area contributed by atoms with Crippen LogP contribution in [-0.2, 0) is 10.0 Å². The average Bonchev–Trinajstić information content (AvgIpc) is 2.42. The van der Waals surface area contributed by atoms with E-state index < -0.39 is 21.7 Å². The highest BCUT2D eigenvalue weighted by Crippen LogP contribution is 2.20. The fourth-order valence-corrected chi connectivity index (χ4v) is 2.70. The molecule has 8 heteroatoms. The number of nitrogens with two attached hydrogens (primary N) is 2. The van der Waals surface area contributed by atoms with Crippen LogP contribution < -0.4 is 16.2 Å². The number of benzene rings is 2. The van der Waals surface area contributed by atoms with Crippen molar-refractivity contribution in [1.29, 1.82) is 0 Å². The molecule has 5 N–H and O–H groups in total. The van der Waals surface area contributed by atoms with Crippen LogP contribution in [0.1, 0.15) is 10.4 Å². The molecule has 0 saturated carbocycles. The zero-order chi connectivity index (χ0) is 15.6. The molecule has 0 aliphatic rings. The molecule has 0 atom stereocenters. The van der Waals surface area contributed by atoms with Gasteiger partial charge < -0.3 is 11.5 Å². The van der Waals surface area contributed by atoms with Crippen molar-refractivity contribution in [1.82, 2.24) is 0 Å². The number of amides is 1. The Kier molecular flexibility index (Phi) is 3.81. The van der Waals surface area contributed by atoms with Crippen molar-refractivity contribution in [3.63, 3.8) is 0 Å². The van der Waals surface area contributed by atoms with Gasteiger partial charge in [0, 0.05) is 11.3 Å². The van der Waals surface area contributed by atoms with Gasteiger partial charge in [-0.15, -0.1) is 0 Å². The molecule has 21 heavy (non-hydrogen) atoms. The fourth-order valence-electron chi connectivity index (χ4n) is 1.61. The lowest BCUT2D eigenvalue weighted by atomic mass is 10.2. The highest BCUT2D eigenvalue weighted by Gasteiger charge is 2.16. The van der Waals surface area contributed by atoms with Gasteiger partial charge in [-0.05, 0) is 42.5 Å². The predicted octanol–water partition coefficient (Wildman–Crippen LogP) is 1.31. The van der Waals surface area contributed by atoms with Crippen molar-refractivity contribution in [2.75, 3.05) is 10.5 Å².